The molecule has 0 fully saturated rings. The van der Waals surface area contributed by atoms with Crippen LogP contribution in [0.2, 0.25) is 0 Å². The van der Waals surface area contributed by atoms with Gasteiger partial charge < -0.3 is 5.32 Å². The molecule has 0 saturated carbocycles. The average Bonchev–Trinajstić information content (AvgIpc) is 2.54. The SMILES string of the molecule is CCNCc1cc(-c2ccc(CC)cc2)nn(CC)c1=O. The van der Waals surface area contributed by atoms with Gasteiger partial charge in [-0.1, -0.05) is 38.1 Å². The molecule has 0 radical (unpaired) electrons. The van der Waals surface area contributed by atoms with Crippen molar-refractivity contribution in [3.63, 3.8) is 0 Å². The van der Waals surface area contributed by atoms with Gasteiger partial charge in [-0.15, -0.1) is 0 Å². The molecule has 1 heterocycles. The molecule has 112 valence electrons. The summed E-state index contributed by atoms with van der Waals surface area (Å²) < 4.78 is 1.54. The average molecular weight is 285 g/mol. The minimum Gasteiger partial charge on any atom is -0.313 e. The topological polar surface area (TPSA) is 46.9 Å². The molecular weight excluding hydrogens is 262 g/mol. The lowest BCUT2D eigenvalue weighted by Crippen LogP contribution is -2.29. The maximum Gasteiger partial charge on any atom is 0.271 e. The van der Waals surface area contributed by atoms with Gasteiger partial charge in [-0.3, -0.25) is 4.79 Å². The zero-order chi connectivity index (χ0) is 15.2. The van der Waals surface area contributed by atoms with Crippen LogP contribution in [-0.2, 0) is 19.5 Å². The van der Waals surface area contributed by atoms with Crippen molar-refractivity contribution in [2.45, 2.75) is 40.3 Å². The van der Waals surface area contributed by atoms with E-state index >= 15 is 0 Å². The van der Waals surface area contributed by atoms with Gasteiger partial charge in [0.05, 0.1) is 5.69 Å². The van der Waals surface area contributed by atoms with Crippen molar-refractivity contribution in [1.82, 2.24) is 15.1 Å². The van der Waals surface area contributed by atoms with Gasteiger partial charge in [0.1, 0.15) is 0 Å². The lowest BCUT2D eigenvalue weighted by atomic mass is 10.1. The molecule has 0 aliphatic heterocycles. The minimum atomic E-state index is -0.00706. The largest absolute Gasteiger partial charge is 0.313 e. The summed E-state index contributed by atoms with van der Waals surface area (Å²) >= 11 is 0. The number of nitrogens with one attached hydrogen (secondary N) is 1. The highest BCUT2D eigenvalue weighted by Crippen LogP contribution is 2.17. The Bertz CT molecular complexity index is 644. The molecule has 0 bridgehead atoms. The summed E-state index contributed by atoms with van der Waals surface area (Å²) in [7, 11) is 0. The third kappa shape index (κ3) is 3.58. The highest BCUT2D eigenvalue weighted by molar-refractivity contribution is 5.59. The van der Waals surface area contributed by atoms with E-state index in [0.717, 1.165) is 29.8 Å². The zero-order valence-corrected chi connectivity index (χ0v) is 13.0. The first-order valence-corrected chi connectivity index (χ1v) is 7.60. The molecule has 1 aromatic carbocycles. The highest BCUT2D eigenvalue weighted by Gasteiger charge is 2.09. The predicted octanol–water partition coefficient (Wildman–Crippen LogP) is 2.60. The van der Waals surface area contributed by atoms with Gasteiger partial charge in [0.2, 0.25) is 0 Å². The van der Waals surface area contributed by atoms with Crippen LogP contribution < -0.4 is 10.9 Å². The molecular formula is C17H23N3O. The number of hydrogen-bond acceptors (Lipinski definition) is 3. The summed E-state index contributed by atoms with van der Waals surface area (Å²) in [6, 6.07) is 10.3. The van der Waals surface area contributed by atoms with E-state index < -0.39 is 0 Å². The number of aryl methyl sites for hydroxylation is 2. The van der Waals surface area contributed by atoms with Gasteiger partial charge in [0.25, 0.3) is 5.56 Å². The van der Waals surface area contributed by atoms with Gasteiger partial charge in [-0.05, 0) is 31.5 Å². The Balaban J connectivity index is 2.44. The lowest BCUT2D eigenvalue weighted by Gasteiger charge is -2.10. The Kier molecular flexibility index (Phi) is 5.28. The second-order valence-corrected chi connectivity index (χ2v) is 5.01. The monoisotopic (exact) mass is 285 g/mol. The third-order valence-corrected chi connectivity index (χ3v) is 3.57. The molecule has 2 aromatic rings. The van der Waals surface area contributed by atoms with Crippen molar-refractivity contribution in [2.75, 3.05) is 6.54 Å². The summed E-state index contributed by atoms with van der Waals surface area (Å²) in [5.41, 5.74) is 3.96. The summed E-state index contributed by atoms with van der Waals surface area (Å²) in [4.78, 5) is 12.3. The van der Waals surface area contributed by atoms with Crippen molar-refractivity contribution >= 4 is 0 Å². The Morgan fingerprint density at radius 3 is 2.43 bits per heavy atom. The molecule has 4 heteroatoms. The first kappa shape index (κ1) is 15.4. The van der Waals surface area contributed by atoms with E-state index in [1.807, 2.05) is 19.9 Å². The maximum atomic E-state index is 12.3. The van der Waals surface area contributed by atoms with E-state index in [9.17, 15) is 4.79 Å². The number of aromatic nitrogens is 2. The predicted molar refractivity (Wildman–Crippen MR) is 86.4 cm³/mol. The van der Waals surface area contributed by atoms with Crippen molar-refractivity contribution in [3.05, 3.63) is 51.8 Å². The van der Waals surface area contributed by atoms with Crippen LogP contribution >= 0.6 is 0 Å². The molecule has 0 saturated heterocycles. The second-order valence-electron chi connectivity index (χ2n) is 5.01. The zero-order valence-electron chi connectivity index (χ0n) is 13.0. The molecule has 0 aliphatic carbocycles. The van der Waals surface area contributed by atoms with Crippen LogP contribution in [0.25, 0.3) is 11.3 Å². The summed E-state index contributed by atoms with van der Waals surface area (Å²) in [6.45, 7) is 8.11. The smallest absolute Gasteiger partial charge is 0.271 e. The first-order valence-electron chi connectivity index (χ1n) is 7.60. The molecule has 21 heavy (non-hydrogen) atoms. The van der Waals surface area contributed by atoms with Crippen LogP contribution in [0.4, 0.5) is 0 Å². The Labute approximate surface area is 125 Å². The molecule has 2 rings (SSSR count). The van der Waals surface area contributed by atoms with E-state index in [2.05, 4.69) is 41.6 Å². The lowest BCUT2D eigenvalue weighted by molar-refractivity contribution is 0.600. The number of rotatable bonds is 6. The van der Waals surface area contributed by atoms with E-state index in [4.69, 9.17) is 0 Å². The number of hydrogen-bond donors (Lipinski definition) is 1. The van der Waals surface area contributed by atoms with Crippen LogP contribution in [0.1, 0.15) is 31.9 Å². The molecule has 0 atom stereocenters. The van der Waals surface area contributed by atoms with Crippen molar-refractivity contribution in [1.29, 1.82) is 0 Å². The molecule has 1 N–H and O–H groups in total. The summed E-state index contributed by atoms with van der Waals surface area (Å²) in [5, 5.41) is 7.67. The third-order valence-electron chi connectivity index (χ3n) is 3.57. The molecule has 1 aromatic heterocycles. The van der Waals surface area contributed by atoms with Crippen LogP contribution in [0.15, 0.2) is 35.1 Å². The van der Waals surface area contributed by atoms with Gasteiger partial charge in [0.15, 0.2) is 0 Å². The molecule has 0 spiro atoms. The normalized spacial score (nSPS) is 10.8. The quantitative estimate of drug-likeness (QED) is 0.887. The molecule has 0 amide bonds. The molecule has 4 nitrogen and oxygen atoms in total. The summed E-state index contributed by atoms with van der Waals surface area (Å²) in [6.07, 6.45) is 1.02. The number of nitrogens with zero attached hydrogens (tertiary/aromatic N) is 2. The van der Waals surface area contributed by atoms with Crippen LogP contribution in [0, 0.1) is 0 Å². The second kappa shape index (κ2) is 7.18. The fraction of sp³-hybridized carbons (Fsp3) is 0.412. The van der Waals surface area contributed by atoms with E-state index in [-0.39, 0.29) is 5.56 Å². The van der Waals surface area contributed by atoms with Crippen LogP contribution in [-0.4, -0.2) is 16.3 Å². The van der Waals surface area contributed by atoms with Gasteiger partial charge in [0, 0.05) is 24.2 Å². The molecule has 0 aliphatic rings. The van der Waals surface area contributed by atoms with Crippen molar-refractivity contribution in [2.24, 2.45) is 0 Å². The van der Waals surface area contributed by atoms with E-state index in [1.165, 1.54) is 10.2 Å². The Morgan fingerprint density at radius 2 is 1.86 bits per heavy atom. The van der Waals surface area contributed by atoms with Gasteiger partial charge in [-0.2, -0.15) is 5.10 Å². The fourth-order valence-corrected chi connectivity index (χ4v) is 2.25. The Hall–Kier alpha value is -1.94. The van der Waals surface area contributed by atoms with Crippen LogP contribution in [0.3, 0.4) is 0 Å². The molecule has 0 unspecified atom stereocenters. The summed E-state index contributed by atoms with van der Waals surface area (Å²) in [5.74, 6) is 0. The van der Waals surface area contributed by atoms with Gasteiger partial charge >= 0.3 is 0 Å². The Morgan fingerprint density at radius 1 is 1.14 bits per heavy atom. The minimum absolute atomic E-state index is 0.00706. The maximum absolute atomic E-state index is 12.3. The van der Waals surface area contributed by atoms with Gasteiger partial charge in [-0.25, -0.2) is 4.68 Å². The van der Waals surface area contributed by atoms with E-state index in [1.54, 1.807) is 0 Å². The highest BCUT2D eigenvalue weighted by atomic mass is 16.1. The fourth-order valence-electron chi connectivity index (χ4n) is 2.25. The standard InChI is InChI=1S/C17H23N3O/c1-4-13-7-9-14(10-8-13)16-11-15(12-18-5-2)17(21)20(6-3)19-16/h7-11,18H,4-6,12H2,1-3H3. The van der Waals surface area contributed by atoms with E-state index in [0.29, 0.717) is 13.1 Å². The van der Waals surface area contributed by atoms with Crippen LogP contribution in [0.5, 0.6) is 0 Å². The van der Waals surface area contributed by atoms with Crippen molar-refractivity contribution < 1.29 is 0 Å². The van der Waals surface area contributed by atoms with Crippen molar-refractivity contribution in [3.8, 4) is 11.3 Å². The first-order chi connectivity index (χ1) is 10.2. The number of benzene rings is 1.